The third kappa shape index (κ3) is 5.38. The smallest absolute Gasteiger partial charge is 0.276 e. The number of para-hydroxylation sites is 1. The van der Waals surface area contributed by atoms with Gasteiger partial charge in [0.05, 0.1) is 7.11 Å². The van der Waals surface area contributed by atoms with E-state index in [4.69, 9.17) is 4.74 Å². The Morgan fingerprint density at radius 3 is 2.30 bits per heavy atom. The van der Waals surface area contributed by atoms with Gasteiger partial charge in [-0.25, -0.2) is 4.68 Å². The van der Waals surface area contributed by atoms with E-state index in [2.05, 4.69) is 15.3 Å². The second-order valence-electron chi connectivity index (χ2n) is 7.60. The Bertz CT molecular complexity index is 1170. The van der Waals surface area contributed by atoms with Gasteiger partial charge in [-0.3, -0.25) is 14.4 Å². The Labute approximate surface area is 191 Å². The monoisotopic (exact) mass is 447 g/mol. The van der Waals surface area contributed by atoms with Gasteiger partial charge >= 0.3 is 0 Å². The number of amides is 2. The highest BCUT2D eigenvalue weighted by Gasteiger charge is 2.22. The zero-order chi connectivity index (χ0) is 23.2. The van der Waals surface area contributed by atoms with Crippen LogP contribution in [0.3, 0.4) is 0 Å². The highest BCUT2D eigenvalue weighted by molar-refractivity contribution is 6.02. The number of rotatable bonds is 6. The van der Waals surface area contributed by atoms with E-state index in [0.29, 0.717) is 37.6 Å². The fraction of sp³-hybridized carbons (Fsp3) is 0.250. The van der Waals surface area contributed by atoms with Crippen LogP contribution < -0.4 is 20.5 Å². The summed E-state index contributed by atoms with van der Waals surface area (Å²) in [7, 11) is 1.56. The van der Waals surface area contributed by atoms with Crippen molar-refractivity contribution in [2.24, 2.45) is 0 Å². The summed E-state index contributed by atoms with van der Waals surface area (Å²) in [6, 6.07) is 19.5. The lowest BCUT2D eigenvalue weighted by molar-refractivity contribution is -0.132. The maximum Gasteiger partial charge on any atom is 0.276 e. The Morgan fingerprint density at radius 1 is 0.939 bits per heavy atom. The Morgan fingerprint density at radius 2 is 1.64 bits per heavy atom. The topological polar surface area (TPSA) is 96.8 Å². The minimum absolute atomic E-state index is 0.0483. The number of ether oxygens (including phenoxy) is 1. The van der Waals surface area contributed by atoms with E-state index in [1.54, 1.807) is 36.3 Å². The molecule has 2 amide bonds. The predicted molar refractivity (Wildman–Crippen MR) is 125 cm³/mol. The van der Waals surface area contributed by atoms with Crippen LogP contribution in [0.2, 0.25) is 0 Å². The number of piperazine rings is 1. The van der Waals surface area contributed by atoms with Gasteiger partial charge < -0.3 is 19.9 Å². The van der Waals surface area contributed by atoms with Crippen molar-refractivity contribution in [3.05, 3.63) is 82.8 Å². The van der Waals surface area contributed by atoms with Crippen LogP contribution in [0.4, 0.5) is 11.4 Å². The van der Waals surface area contributed by atoms with Crippen LogP contribution in [0.5, 0.6) is 5.75 Å². The number of nitrogens with one attached hydrogen (secondary N) is 1. The minimum atomic E-state index is -0.474. The van der Waals surface area contributed by atoms with Crippen molar-refractivity contribution in [2.45, 2.75) is 6.54 Å². The van der Waals surface area contributed by atoms with Gasteiger partial charge in [-0.15, -0.1) is 0 Å². The molecule has 0 unspecified atom stereocenters. The van der Waals surface area contributed by atoms with E-state index in [-0.39, 0.29) is 18.1 Å². The average Bonchev–Trinajstić information content (AvgIpc) is 2.86. The van der Waals surface area contributed by atoms with E-state index in [1.165, 1.54) is 12.1 Å². The fourth-order valence-corrected chi connectivity index (χ4v) is 3.63. The molecule has 3 aromatic rings. The third-order valence-electron chi connectivity index (χ3n) is 5.49. The summed E-state index contributed by atoms with van der Waals surface area (Å²) in [6.45, 7) is 2.32. The molecule has 1 aliphatic heterocycles. The van der Waals surface area contributed by atoms with Crippen molar-refractivity contribution in [3.8, 4) is 5.75 Å². The van der Waals surface area contributed by atoms with E-state index < -0.39 is 11.5 Å². The molecule has 33 heavy (non-hydrogen) atoms. The minimum Gasteiger partial charge on any atom is -0.497 e. The molecule has 1 N–H and O–H groups in total. The molecule has 1 aromatic heterocycles. The Kier molecular flexibility index (Phi) is 6.68. The largest absolute Gasteiger partial charge is 0.497 e. The molecule has 0 saturated carbocycles. The first-order valence-corrected chi connectivity index (χ1v) is 10.6. The zero-order valence-corrected chi connectivity index (χ0v) is 18.3. The van der Waals surface area contributed by atoms with Crippen LogP contribution in [-0.2, 0) is 11.3 Å². The SMILES string of the molecule is COc1ccc(NC(=O)c2ccc(=O)n(CC(=O)N3CCN(c4ccccc4)CC3)n2)cc1. The second kappa shape index (κ2) is 9.99. The first kappa shape index (κ1) is 22.1. The maximum absolute atomic E-state index is 12.8. The van der Waals surface area contributed by atoms with Gasteiger partial charge in [0.2, 0.25) is 5.91 Å². The fourth-order valence-electron chi connectivity index (χ4n) is 3.63. The summed E-state index contributed by atoms with van der Waals surface area (Å²) in [5.74, 6) is -0.00865. The standard InChI is InChI=1S/C24H25N5O4/c1-33-20-9-7-18(8-10-20)25-24(32)21-11-12-22(30)29(26-21)17-23(31)28-15-13-27(14-16-28)19-5-3-2-4-6-19/h2-12H,13-17H2,1H3,(H,25,32). The summed E-state index contributed by atoms with van der Waals surface area (Å²) >= 11 is 0. The van der Waals surface area contributed by atoms with E-state index in [1.807, 2.05) is 30.3 Å². The van der Waals surface area contributed by atoms with Gasteiger partial charge in [-0.2, -0.15) is 5.10 Å². The van der Waals surface area contributed by atoms with Crippen molar-refractivity contribution >= 4 is 23.2 Å². The molecule has 1 fully saturated rings. The summed E-state index contributed by atoms with van der Waals surface area (Å²) < 4.78 is 6.14. The molecule has 1 saturated heterocycles. The maximum atomic E-state index is 12.8. The van der Waals surface area contributed by atoms with Crippen LogP contribution in [0.25, 0.3) is 0 Å². The molecule has 0 atom stereocenters. The summed E-state index contributed by atoms with van der Waals surface area (Å²) in [6.07, 6.45) is 0. The van der Waals surface area contributed by atoms with Crippen LogP contribution in [0.1, 0.15) is 10.5 Å². The quantitative estimate of drug-likeness (QED) is 0.620. The van der Waals surface area contributed by atoms with Crippen molar-refractivity contribution in [2.75, 3.05) is 43.5 Å². The van der Waals surface area contributed by atoms with Crippen molar-refractivity contribution in [3.63, 3.8) is 0 Å². The molecule has 9 heteroatoms. The van der Waals surface area contributed by atoms with Crippen molar-refractivity contribution < 1.29 is 14.3 Å². The van der Waals surface area contributed by atoms with Gasteiger partial charge in [0.15, 0.2) is 0 Å². The molecule has 170 valence electrons. The number of anilines is 2. The molecule has 2 heterocycles. The van der Waals surface area contributed by atoms with Gasteiger partial charge in [0.1, 0.15) is 18.0 Å². The number of carbonyl (C=O) groups excluding carboxylic acids is 2. The third-order valence-corrected chi connectivity index (χ3v) is 5.49. The molecular weight excluding hydrogens is 422 g/mol. The number of hydrogen-bond acceptors (Lipinski definition) is 6. The van der Waals surface area contributed by atoms with E-state index in [0.717, 1.165) is 10.4 Å². The van der Waals surface area contributed by atoms with Gasteiger partial charge in [-0.05, 0) is 42.5 Å². The van der Waals surface area contributed by atoms with Gasteiger partial charge in [-0.1, -0.05) is 18.2 Å². The highest BCUT2D eigenvalue weighted by atomic mass is 16.5. The summed E-state index contributed by atoms with van der Waals surface area (Å²) in [5.41, 5.74) is 1.30. The van der Waals surface area contributed by atoms with Crippen LogP contribution in [0, 0.1) is 0 Å². The Hall–Kier alpha value is -4.14. The molecule has 1 aliphatic rings. The van der Waals surface area contributed by atoms with E-state index >= 15 is 0 Å². The number of hydrogen-bond donors (Lipinski definition) is 1. The van der Waals surface area contributed by atoms with E-state index in [9.17, 15) is 14.4 Å². The highest BCUT2D eigenvalue weighted by Crippen LogP contribution is 2.16. The molecule has 2 aromatic carbocycles. The normalized spacial score (nSPS) is 13.5. The number of aromatic nitrogens is 2. The molecule has 4 rings (SSSR count). The second-order valence-corrected chi connectivity index (χ2v) is 7.60. The summed E-state index contributed by atoms with van der Waals surface area (Å²) in [4.78, 5) is 41.6. The molecule has 0 spiro atoms. The first-order valence-electron chi connectivity index (χ1n) is 10.6. The van der Waals surface area contributed by atoms with Crippen LogP contribution in [-0.4, -0.2) is 59.8 Å². The summed E-state index contributed by atoms with van der Waals surface area (Å²) in [5, 5.41) is 6.83. The lowest BCUT2D eigenvalue weighted by Gasteiger charge is -2.36. The van der Waals surface area contributed by atoms with Crippen LogP contribution in [0.15, 0.2) is 71.5 Å². The van der Waals surface area contributed by atoms with Crippen molar-refractivity contribution in [1.82, 2.24) is 14.7 Å². The number of carbonyl (C=O) groups is 2. The lowest BCUT2D eigenvalue weighted by Crippen LogP contribution is -2.50. The average molecular weight is 447 g/mol. The first-order chi connectivity index (χ1) is 16.0. The van der Waals surface area contributed by atoms with Gasteiger partial charge in [0.25, 0.3) is 11.5 Å². The molecule has 9 nitrogen and oxygen atoms in total. The molecule has 0 radical (unpaired) electrons. The molecule has 0 aliphatic carbocycles. The number of benzene rings is 2. The Balaban J connectivity index is 1.38. The molecular formula is C24H25N5O4. The number of methoxy groups -OCH3 is 1. The van der Waals surface area contributed by atoms with Crippen molar-refractivity contribution in [1.29, 1.82) is 0 Å². The number of nitrogens with zero attached hydrogens (tertiary/aromatic N) is 4. The predicted octanol–water partition coefficient (Wildman–Crippen LogP) is 1.85. The van der Waals surface area contributed by atoms with Crippen LogP contribution >= 0.6 is 0 Å². The molecule has 0 bridgehead atoms. The van der Waals surface area contributed by atoms with Gasteiger partial charge in [0, 0.05) is 43.6 Å². The lowest BCUT2D eigenvalue weighted by atomic mass is 10.2. The zero-order valence-electron chi connectivity index (χ0n) is 18.3.